The molecule has 24 heavy (non-hydrogen) atoms. The Morgan fingerprint density at radius 1 is 1.38 bits per heavy atom. The molecule has 0 aliphatic carbocycles. The smallest absolute Gasteiger partial charge is 0.249 e. The summed E-state index contributed by atoms with van der Waals surface area (Å²) in [6, 6.07) is 5.89. The van der Waals surface area contributed by atoms with Crippen LogP contribution in [-0.2, 0) is 0 Å². The van der Waals surface area contributed by atoms with Crippen LogP contribution in [-0.4, -0.2) is 34.9 Å². The summed E-state index contributed by atoms with van der Waals surface area (Å²) in [5.74, 6) is 1.98. The number of piperidine rings is 1. The summed E-state index contributed by atoms with van der Waals surface area (Å²) in [5.41, 5.74) is 0.717. The van der Waals surface area contributed by atoms with Gasteiger partial charge in [0.05, 0.1) is 19.0 Å². The van der Waals surface area contributed by atoms with E-state index in [2.05, 4.69) is 32.3 Å². The van der Waals surface area contributed by atoms with Gasteiger partial charge in [-0.05, 0) is 43.9 Å². The summed E-state index contributed by atoms with van der Waals surface area (Å²) in [6.07, 6.45) is 6.50. The Hall–Kier alpha value is -2.08. The quantitative estimate of drug-likeness (QED) is 0.880. The highest BCUT2D eigenvalue weighted by Gasteiger charge is 2.22. The predicted molar refractivity (Wildman–Crippen MR) is 96.4 cm³/mol. The molecule has 6 nitrogen and oxygen atoms in total. The molecule has 1 aromatic heterocycles. The van der Waals surface area contributed by atoms with Crippen molar-refractivity contribution in [3.63, 3.8) is 0 Å². The summed E-state index contributed by atoms with van der Waals surface area (Å²) in [6.45, 7) is 3.23. The molecule has 2 heterocycles. The maximum Gasteiger partial charge on any atom is 0.249 e. The predicted octanol–water partition coefficient (Wildman–Crippen LogP) is 4.05. The minimum Gasteiger partial charge on any atom is -0.495 e. The number of nitrogens with one attached hydrogen (secondary N) is 1. The van der Waals surface area contributed by atoms with E-state index in [1.54, 1.807) is 31.5 Å². The number of anilines is 3. The molecule has 0 amide bonds. The first kappa shape index (κ1) is 16.8. The number of nitrogens with zero attached hydrogens (tertiary/aromatic N) is 4. The molecule has 1 aromatic carbocycles. The normalized spacial score (nSPS) is 17.6. The molecule has 0 saturated carbocycles. The minimum absolute atomic E-state index is 0.438. The van der Waals surface area contributed by atoms with Crippen LogP contribution < -0.4 is 15.0 Å². The third-order valence-electron chi connectivity index (χ3n) is 4.35. The second kappa shape index (κ2) is 7.66. The average Bonchev–Trinajstić information content (AvgIpc) is 2.62. The lowest BCUT2D eigenvalue weighted by molar-refractivity contribution is 0.416. The van der Waals surface area contributed by atoms with E-state index in [9.17, 15) is 0 Å². The summed E-state index contributed by atoms with van der Waals surface area (Å²) in [4.78, 5) is 6.97. The van der Waals surface area contributed by atoms with Crippen molar-refractivity contribution in [2.24, 2.45) is 0 Å². The molecule has 1 aliphatic heterocycles. The van der Waals surface area contributed by atoms with Crippen molar-refractivity contribution in [3.8, 4) is 5.75 Å². The number of hydrogen-bond acceptors (Lipinski definition) is 6. The Morgan fingerprint density at radius 2 is 2.25 bits per heavy atom. The van der Waals surface area contributed by atoms with Gasteiger partial charge in [0.2, 0.25) is 5.95 Å². The van der Waals surface area contributed by atoms with Gasteiger partial charge in [0.1, 0.15) is 5.75 Å². The Labute approximate surface area is 147 Å². The topological polar surface area (TPSA) is 63.2 Å². The zero-order valence-electron chi connectivity index (χ0n) is 14.0. The summed E-state index contributed by atoms with van der Waals surface area (Å²) < 4.78 is 5.35. The molecule has 1 N–H and O–H groups in total. The van der Waals surface area contributed by atoms with Crippen LogP contribution in [0.25, 0.3) is 0 Å². The number of ether oxygens (including phenoxy) is 1. The van der Waals surface area contributed by atoms with Crippen molar-refractivity contribution >= 4 is 29.1 Å². The molecule has 0 spiro atoms. The lowest BCUT2D eigenvalue weighted by Gasteiger charge is -2.35. The van der Waals surface area contributed by atoms with Crippen molar-refractivity contribution in [2.45, 2.75) is 38.6 Å². The van der Waals surface area contributed by atoms with Crippen LogP contribution in [0.4, 0.5) is 17.5 Å². The first-order valence-electron chi connectivity index (χ1n) is 8.28. The molecule has 1 saturated heterocycles. The molecule has 2 aromatic rings. The second-order valence-corrected chi connectivity index (χ2v) is 6.30. The van der Waals surface area contributed by atoms with E-state index < -0.39 is 0 Å². The number of rotatable bonds is 5. The number of benzene rings is 1. The molecule has 1 aliphatic rings. The SMILES string of the molecule is CCC1CCCCN1c1cnnc(Nc2cc(Cl)ccc2OC)n1. The molecule has 1 unspecified atom stereocenters. The monoisotopic (exact) mass is 347 g/mol. The van der Waals surface area contributed by atoms with Gasteiger partial charge >= 0.3 is 0 Å². The van der Waals surface area contributed by atoms with Gasteiger partial charge in [-0.25, -0.2) is 0 Å². The summed E-state index contributed by atoms with van der Waals surface area (Å²) >= 11 is 6.07. The molecule has 128 valence electrons. The Bertz CT molecular complexity index is 696. The average molecular weight is 348 g/mol. The zero-order chi connectivity index (χ0) is 16.9. The van der Waals surface area contributed by atoms with E-state index in [1.807, 2.05) is 0 Å². The van der Waals surface area contributed by atoms with E-state index in [4.69, 9.17) is 16.3 Å². The van der Waals surface area contributed by atoms with E-state index in [-0.39, 0.29) is 0 Å². The molecule has 7 heteroatoms. The van der Waals surface area contributed by atoms with E-state index in [0.29, 0.717) is 22.8 Å². The van der Waals surface area contributed by atoms with Crippen LogP contribution in [0, 0.1) is 0 Å². The summed E-state index contributed by atoms with van der Waals surface area (Å²) in [7, 11) is 1.61. The second-order valence-electron chi connectivity index (χ2n) is 5.86. The standard InChI is InChI=1S/C17H22ClN5O/c1-3-13-6-4-5-9-23(13)16-11-19-22-17(21-16)20-14-10-12(18)7-8-15(14)24-2/h7-8,10-11,13H,3-6,9H2,1-2H3,(H,20,21,22). The molecule has 1 fully saturated rings. The molecule has 3 rings (SSSR count). The maximum absolute atomic E-state index is 6.07. The highest BCUT2D eigenvalue weighted by Crippen LogP contribution is 2.30. The van der Waals surface area contributed by atoms with Gasteiger partial charge in [-0.15, -0.1) is 5.10 Å². The van der Waals surface area contributed by atoms with E-state index in [1.165, 1.54) is 19.3 Å². The lowest BCUT2D eigenvalue weighted by Crippen LogP contribution is -2.39. The van der Waals surface area contributed by atoms with E-state index >= 15 is 0 Å². The van der Waals surface area contributed by atoms with Crippen molar-refractivity contribution in [3.05, 3.63) is 29.4 Å². The van der Waals surface area contributed by atoms with Crippen molar-refractivity contribution in [1.29, 1.82) is 0 Å². The third kappa shape index (κ3) is 3.70. The van der Waals surface area contributed by atoms with Crippen molar-refractivity contribution < 1.29 is 4.74 Å². The van der Waals surface area contributed by atoms with Crippen LogP contribution in [0.2, 0.25) is 5.02 Å². The van der Waals surface area contributed by atoms with E-state index in [0.717, 1.165) is 24.5 Å². The molecule has 0 radical (unpaired) electrons. The molecule has 0 bridgehead atoms. The zero-order valence-corrected chi connectivity index (χ0v) is 14.8. The number of halogens is 1. The third-order valence-corrected chi connectivity index (χ3v) is 4.58. The van der Waals surface area contributed by atoms with Gasteiger partial charge in [0.25, 0.3) is 0 Å². The molecular formula is C17H22ClN5O. The molecule has 1 atom stereocenters. The van der Waals surface area contributed by atoms with Gasteiger partial charge in [-0.3, -0.25) is 0 Å². The number of aromatic nitrogens is 3. The first-order valence-corrected chi connectivity index (χ1v) is 8.66. The Kier molecular flexibility index (Phi) is 5.35. The van der Waals surface area contributed by atoms with Crippen molar-refractivity contribution in [2.75, 3.05) is 23.9 Å². The number of hydrogen-bond donors (Lipinski definition) is 1. The maximum atomic E-state index is 6.07. The lowest BCUT2D eigenvalue weighted by atomic mass is 10.0. The van der Waals surface area contributed by atoms with Crippen LogP contribution in [0.1, 0.15) is 32.6 Å². The van der Waals surface area contributed by atoms with Crippen molar-refractivity contribution in [1.82, 2.24) is 15.2 Å². The van der Waals surface area contributed by atoms with Crippen LogP contribution in [0.3, 0.4) is 0 Å². The molecular weight excluding hydrogens is 326 g/mol. The highest BCUT2D eigenvalue weighted by atomic mass is 35.5. The minimum atomic E-state index is 0.438. The van der Waals surface area contributed by atoms with Crippen LogP contribution in [0.5, 0.6) is 5.75 Å². The number of methoxy groups -OCH3 is 1. The van der Waals surface area contributed by atoms with Gasteiger partial charge in [-0.2, -0.15) is 10.1 Å². The highest BCUT2D eigenvalue weighted by molar-refractivity contribution is 6.30. The van der Waals surface area contributed by atoms with Gasteiger partial charge in [-0.1, -0.05) is 18.5 Å². The first-order chi connectivity index (χ1) is 11.7. The largest absolute Gasteiger partial charge is 0.495 e. The Morgan fingerprint density at radius 3 is 3.04 bits per heavy atom. The van der Waals surface area contributed by atoms with Crippen LogP contribution in [0.15, 0.2) is 24.4 Å². The van der Waals surface area contributed by atoms with Gasteiger partial charge < -0.3 is 15.0 Å². The fourth-order valence-corrected chi connectivity index (χ4v) is 3.28. The Balaban J connectivity index is 1.84. The summed E-state index contributed by atoms with van der Waals surface area (Å²) in [5, 5.41) is 12.0. The fraction of sp³-hybridized carbons (Fsp3) is 0.471. The van der Waals surface area contributed by atoms with Crippen LogP contribution >= 0.6 is 11.6 Å². The fourth-order valence-electron chi connectivity index (χ4n) is 3.11. The van der Waals surface area contributed by atoms with Gasteiger partial charge in [0.15, 0.2) is 5.82 Å². The van der Waals surface area contributed by atoms with Gasteiger partial charge in [0, 0.05) is 17.6 Å².